The first-order chi connectivity index (χ1) is 12.7. The molecule has 1 aromatic rings. The minimum absolute atomic E-state index is 0.204. The molecular weight excluding hydrogens is 335 g/mol. The molecule has 6 nitrogen and oxygen atoms in total. The summed E-state index contributed by atoms with van der Waals surface area (Å²) in [5, 5.41) is 12.2. The number of nitrogens with one attached hydrogen (secondary N) is 1. The Kier molecular flexibility index (Phi) is 8.32. The van der Waals surface area contributed by atoms with Gasteiger partial charge in [-0.15, -0.1) is 0 Å². The molecule has 1 heterocycles. The van der Waals surface area contributed by atoms with Crippen LogP contribution < -0.4 is 5.32 Å². The normalized spacial score (nSPS) is 17.4. The molecule has 0 amide bonds. The van der Waals surface area contributed by atoms with Crippen molar-refractivity contribution in [2.45, 2.75) is 19.9 Å². The van der Waals surface area contributed by atoms with E-state index in [1.54, 1.807) is 13.2 Å². The topological polar surface area (TPSA) is 69.9 Å². The van der Waals surface area contributed by atoms with E-state index in [0.29, 0.717) is 36.9 Å². The van der Waals surface area contributed by atoms with Gasteiger partial charge in [-0.1, -0.05) is 0 Å². The summed E-state index contributed by atoms with van der Waals surface area (Å²) in [5.41, 5.74) is 0.870. The molecule has 1 atom stereocenters. The summed E-state index contributed by atoms with van der Waals surface area (Å²) in [6.45, 7) is 6.63. The predicted molar refractivity (Wildman–Crippen MR) is 98.3 cm³/mol. The molecule has 0 bridgehead atoms. The molecule has 0 spiro atoms. The third-order valence-corrected chi connectivity index (χ3v) is 4.28. The Morgan fingerprint density at radius 1 is 1.46 bits per heavy atom. The van der Waals surface area contributed by atoms with Crippen LogP contribution in [-0.4, -0.2) is 57.4 Å². The van der Waals surface area contributed by atoms with E-state index >= 15 is 0 Å². The average Bonchev–Trinajstić information content (AvgIpc) is 3.12. The maximum atomic E-state index is 13.9. The number of methoxy groups -OCH3 is 1. The van der Waals surface area contributed by atoms with Crippen LogP contribution in [0.3, 0.4) is 0 Å². The van der Waals surface area contributed by atoms with Crippen molar-refractivity contribution in [1.82, 2.24) is 10.2 Å². The fourth-order valence-corrected chi connectivity index (χ4v) is 2.90. The minimum Gasteiger partial charge on any atom is -0.382 e. The second-order valence-corrected chi connectivity index (χ2v) is 6.26. The standard InChI is InChI=1S/C19H27FN4O2/c1-3-22-19(23-12-17-10-15(11-21)4-5-18(17)20)24-7-6-16(13-24)14-26-9-8-25-2/h4-5,10,16H,3,6-9,12-14H2,1-2H3,(H,22,23). The summed E-state index contributed by atoms with van der Waals surface area (Å²) < 4.78 is 24.6. The maximum absolute atomic E-state index is 13.9. The fourth-order valence-electron chi connectivity index (χ4n) is 2.90. The summed E-state index contributed by atoms with van der Waals surface area (Å²) >= 11 is 0. The van der Waals surface area contributed by atoms with E-state index in [1.807, 2.05) is 13.0 Å². The number of hydrogen-bond acceptors (Lipinski definition) is 4. The first-order valence-electron chi connectivity index (χ1n) is 8.96. The largest absolute Gasteiger partial charge is 0.382 e. The summed E-state index contributed by atoms with van der Waals surface area (Å²) in [5.74, 6) is 0.887. The van der Waals surface area contributed by atoms with Gasteiger partial charge in [0.25, 0.3) is 0 Å². The summed E-state index contributed by atoms with van der Waals surface area (Å²) in [4.78, 5) is 6.75. The van der Waals surface area contributed by atoms with Crippen LogP contribution in [0.2, 0.25) is 0 Å². The molecule has 1 aliphatic rings. The van der Waals surface area contributed by atoms with Crippen LogP contribution in [0.5, 0.6) is 0 Å². The van der Waals surface area contributed by atoms with Gasteiger partial charge in [-0.05, 0) is 31.5 Å². The van der Waals surface area contributed by atoms with Crippen molar-refractivity contribution in [3.05, 3.63) is 35.1 Å². The zero-order chi connectivity index (χ0) is 18.8. The third-order valence-electron chi connectivity index (χ3n) is 4.28. The fraction of sp³-hybridized carbons (Fsp3) is 0.579. The van der Waals surface area contributed by atoms with Crippen molar-refractivity contribution in [1.29, 1.82) is 5.26 Å². The number of benzene rings is 1. The van der Waals surface area contributed by atoms with E-state index in [2.05, 4.69) is 15.2 Å². The summed E-state index contributed by atoms with van der Waals surface area (Å²) in [6, 6.07) is 6.38. The van der Waals surface area contributed by atoms with Gasteiger partial charge in [0.1, 0.15) is 5.82 Å². The average molecular weight is 362 g/mol. The van der Waals surface area contributed by atoms with Gasteiger partial charge in [0.15, 0.2) is 5.96 Å². The highest BCUT2D eigenvalue weighted by molar-refractivity contribution is 5.80. The molecule has 7 heteroatoms. The quantitative estimate of drug-likeness (QED) is 0.436. The van der Waals surface area contributed by atoms with E-state index in [9.17, 15) is 4.39 Å². The van der Waals surface area contributed by atoms with Gasteiger partial charge in [0.2, 0.25) is 0 Å². The molecule has 2 rings (SSSR count). The molecule has 0 aliphatic carbocycles. The van der Waals surface area contributed by atoms with Crippen LogP contribution in [0.4, 0.5) is 4.39 Å². The number of hydrogen-bond donors (Lipinski definition) is 1. The third kappa shape index (κ3) is 5.97. The van der Waals surface area contributed by atoms with Gasteiger partial charge in [-0.2, -0.15) is 5.26 Å². The number of aliphatic imine (C=N–C) groups is 1. The highest BCUT2D eigenvalue weighted by Crippen LogP contribution is 2.17. The Morgan fingerprint density at radius 3 is 3.04 bits per heavy atom. The van der Waals surface area contributed by atoms with Crippen LogP contribution in [0.1, 0.15) is 24.5 Å². The molecule has 1 N–H and O–H groups in total. The van der Waals surface area contributed by atoms with E-state index in [-0.39, 0.29) is 12.4 Å². The minimum atomic E-state index is -0.338. The zero-order valence-corrected chi connectivity index (χ0v) is 15.5. The molecule has 142 valence electrons. The van der Waals surface area contributed by atoms with Crippen molar-refractivity contribution in [2.75, 3.05) is 46.6 Å². The van der Waals surface area contributed by atoms with Crippen molar-refractivity contribution in [2.24, 2.45) is 10.9 Å². The van der Waals surface area contributed by atoms with Crippen LogP contribution in [0, 0.1) is 23.1 Å². The first-order valence-corrected chi connectivity index (χ1v) is 8.96. The molecule has 1 saturated heterocycles. The van der Waals surface area contributed by atoms with Gasteiger partial charge in [-0.3, -0.25) is 0 Å². The monoisotopic (exact) mass is 362 g/mol. The smallest absolute Gasteiger partial charge is 0.194 e. The van der Waals surface area contributed by atoms with Crippen molar-refractivity contribution in [3.8, 4) is 6.07 Å². The second-order valence-electron chi connectivity index (χ2n) is 6.26. The van der Waals surface area contributed by atoms with Gasteiger partial charge < -0.3 is 19.7 Å². The molecule has 1 unspecified atom stereocenters. The van der Waals surface area contributed by atoms with Gasteiger partial charge in [-0.25, -0.2) is 9.38 Å². The number of nitrogens with zero attached hydrogens (tertiary/aromatic N) is 3. The number of rotatable bonds is 8. The van der Waals surface area contributed by atoms with E-state index < -0.39 is 0 Å². The van der Waals surface area contributed by atoms with Crippen LogP contribution in [-0.2, 0) is 16.0 Å². The molecular formula is C19H27FN4O2. The molecule has 26 heavy (non-hydrogen) atoms. The Bertz CT molecular complexity index is 645. The van der Waals surface area contributed by atoms with Crippen molar-refractivity contribution < 1.29 is 13.9 Å². The van der Waals surface area contributed by atoms with Gasteiger partial charge in [0, 0.05) is 38.2 Å². The number of nitriles is 1. The van der Waals surface area contributed by atoms with Gasteiger partial charge in [0.05, 0.1) is 38.0 Å². The van der Waals surface area contributed by atoms with E-state index in [0.717, 1.165) is 32.0 Å². The predicted octanol–water partition coefficient (Wildman–Crippen LogP) is 2.15. The highest BCUT2D eigenvalue weighted by atomic mass is 19.1. The van der Waals surface area contributed by atoms with Gasteiger partial charge >= 0.3 is 0 Å². The number of ether oxygens (including phenoxy) is 2. The summed E-state index contributed by atoms with van der Waals surface area (Å²) in [7, 11) is 1.66. The maximum Gasteiger partial charge on any atom is 0.194 e. The second kappa shape index (κ2) is 10.7. The van der Waals surface area contributed by atoms with Crippen LogP contribution in [0.25, 0.3) is 0 Å². The van der Waals surface area contributed by atoms with Crippen molar-refractivity contribution >= 4 is 5.96 Å². The Balaban J connectivity index is 1.96. The van der Waals surface area contributed by atoms with Crippen LogP contribution in [0.15, 0.2) is 23.2 Å². The molecule has 1 fully saturated rings. The lowest BCUT2D eigenvalue weighted by molar-refractivity contribution is 0.0536. The molecule has 0 saturated carbocycles. The number of guanidine groups is 1. The molecule has 0 aromatic heterocycles. The Hall–Kier alpha value is -2.17. The highest BCUT2D eigenvalue weighted by Gasteiger charge is 2.25. The molecule has 1 aliphatic heterocycles. The zero-order valence-electron chi connectivity index (χ0n) is 15.5. The van der Waals surface area contributed by atoms with Crippen molar-refractivity contribution in [3.63, 3.8) is 0 Å². The lowest BCUT2D eigenvalue weighted by Crippen LogP contribution is -2.40. The van der Waals surface area contributed by atoms with E-state index in [4.69, 9.17) is 14.7 Å². The lowest BCUT2D eigenvalue weighted by Gasteiger charge is -2.21. The van der Waals surface area contributed by atoms with Crippen LogP contribution >= 0.6 is 0 Å². The van der Waals surface area contributed by atoms with E-state index in [1.165, 1.54) is 12.1 Å². The number of likely N-dealkylation sites (tertiary alicyclic amines) is 1. The molecule has 1 aromatic carbocycles. The Morgan fingerprint density at radius 2 is 2.31 bits per heavy atom. The SMILES string of the molecule is CCNC(=NCc1cc(C#N)ccc1F)N1CCC(COCCOC)C1. The Labute approximate surface area is 154 Å². The molecule has 0 radical (unpaired) electrons. The summed E-state index contributed by atoms with van der Waals surface area (Å²) in [6.07, 6.45) is 1.04. The number of halogens is 1. The lowest BCUT2D eigenvalue weighted by atomic mass is 10.1. The first kappa shape index (κ1) is 20.1.